The molecule has 0 atom stereocenters. The Morgan fingerprint density at radius 3 is 2.35 bits per heavy atom. The van der Waals surface area contributed by atoms with E-state index in [-0.39, 0.29) is 18.1 Å². The first-order chi connectivity index (χ1) is 11.2. The Morgan fingerprint density at radius 1 is 1.17 bits per heavy atom. The fraction of sp³-hybridized carbons (Fsp3) is 0.529. The van der Waals surface area contributed by atoms with Gasteiger partial charge in [0.25, 0.3) is 0 Å². The lowest BCUT2D eigenvalue weighted by Crippen LogP contribution is -2.42. The number of imidazole rings is 1. The Kier molecular flexibility index (Phi) is 4.80. The van der Waals surface area contributed by atoms with E-state index >= 15 is 0 Å². The van der Waals surface area contributed by atoms with Crippen LogP contribution >= 0.6 is 11.8 Å². The monoisotopic (exact) mass is 333 g/mol. The normalized spacial score (nSPS) is 16.2. The lowest BCUT2D eigenvalue weighted by atomic mass is 10.1. The maximum Gasteiger partial charge on any atom is 0.329 e. The highest BCUT2D eigenvalue weighted by molar-refractivity contribution is 7.99. The lowest BCUT2D eigenvalue weighted by Gasteiger charge is -2.31. The van der Waals surface area contributed by atoms with Gasteiger partial charge in [0.1, 0.15) is 6.54 Å². The molecule has 2 aromatic rings. The number of benzene rings is 1. The van der Waals surface area contributed by atoms with Crippen molar-refractivity contribution in [3.05, 3.63) is 34.7 Å². The Morgan fingerprint density at radius 2 is 1.78 bits per heavy atom. The number of aromatic nitrogens is 2. The van der Waals surface area contributed by atoms with E-state index in [1.54, 1.807) is 9.13 Å². The predicted octanol–water partition coefficient (Wildman–Crippen LogP) is 2.18. The first-order valence-electron chi connectivity index (χ1n) is 8.14. The molecule has 1 aliphatic heterocycles. The number of carbonyl (C=O) groups excluding carboxylic acids is 1. The highest BCUT2D eigenvalue weighted by atomic mass is 32.2. The third kappa shape index (κ3) is 3.04. The number of likely N-dealkylation sites (tertiary alicyclic amines) is 1. The molecule has 1 saturated heterocycles. The van der Waals surface area contributed by atoms with Crippen molar-refractivity contribution in [2.45, 2.75) is 38.1 Å². The number of piperidine rings is 1. The molecule has 0 bridgehead atoms. The van der Waals surface area contributed by atoms with Crippen molar-refractivity contribution < 1.29 is 4.79 Å². The average Bonchev–Trinajstić information content (AvgIpc) is 2.86. The Labute approximate surface area is 140 Å². The van der Waals surface area contributed by atoms with E-state index in [1.807, 2.05) is 47.9 Å². The van der Waals surface area contributed by atoms with Gasteiger partial charge in [-0.2, -0.15) is 11.8 Å². The molecular formula is C17H23N3O2S. The second-order valence-corrected chi connectivity index (χ2v) is 7.06. The van der Waals surface area contributed by atoms with Crippen LogP contribution in [0, 0.1) is 0 Å². The van der Waals surface area contributed by atoms with Gasteiger partial charge in [-0.05, 0) is 38.2 Å². The number of hydrogen-bond acceptors (Lipinski definition) is 3. The van der Waals surface area contributed by atoms with Gasteiger partial charge in [-0.15, -0.1) is 0 Å². The standard InChI is InChI=1S/C17H23N3O2S/c1-3-19-14-6-4-5-7-15(14)20(17(19)22)12-16(21)18-10-8-13(23-2)9-11-18/h4-7,13H,3,8-12H2,1-2H3. The molecule has 1 fully saturated rings. The number of fused-ring (bicyclic) bond motifs is 1. The number of thioether (sulfide) groups is 1. The molecule has 1 amide bonds. The van der Waals surface area contributed by atoms with E-state index in [2.05, 4.69) is 6.26 Å². The molecule has 1 aromatic carbocycles. The summed E-state index contributed by atoms with van der Waals surface area (Å²) in [6.07, 6.45) is 4.21. The minimum absolute atomic E-state index is 0.0469. The van der Waals surface area contributed by atoms with Crippen molar-refractivity contribution in [2.75, 3.05) is 19.3 Å². The van der Waals surface area contributed by atoms with Crippen molar-refractivity contribution >= 4 is 28.7 Å². The first kappa shape index (κ1) is 16.2. The first-order valence-corrected chi connectivity index (χ1v) is 9.43. The smallest absolute Gasteiger partial charge is 0.329 e. The van der Waals surface area contributed by atoms with E-state index in [1.165, 1.54) is 0 Å². The van der Waals surface area contributed by atoms with Crippen LogP contribution in [0.15, 0.2) is 29.1 Å². The number of carbonyl (C=O) groups is 1. The summed E-state index contributed by atoms with van der Waals surface area (Å²) < 4.78 is 3.34. The molecule has 2 heterocycles. The van der Waals surface area contributed by atoms with Crippen LogP contribution in [0.2, 0.25) is 0 Å². The zero-order chi connectivity index (χ0) is 16.4. The van der Waals surface area contributed by atoms with E-state index in [0.717, 1.165) is 37.0 Å². The number of hydrogen-bond donors (Lipinski definition) is 0. The zero-order valence-corrected chi connectivity index (χ0v) is 14.5. The van der Waals surface area contributed by atoms with E-state index in [9.17, 15) is 9.59 Å². The van der Waals surface area contributed by atoms with E-state index in [0.29, 0.717) is 11.8 Å². The molecule has 0 aliphatic carbocycles. The molecule has 0 saturated carbocycles. The maximum absolute atomic E-state index is 12.6. The molecule has 0 unspecified atom stereocenters. The Balaban J connectivity index is 1.83. The van der Waals surface area contributed by atoms with Crippen LogP contribution < -0.4 is 5.69 Å². The second kappa shape index (κ2) is 6.83. The fourth-order valence-electron chi connectivity index (χ4n) is 3.31. The number of para-hydroxylation sites is 2. The van der Waals surface area contributed by atoms with Crippen LogP contribution in [0.5, 0.6) is 0 Å². The molecule has 23 heavy (non-hydrogen) atoms. The van der Waals surface area contributed by atoms with Gasteiger partial charge >= 0.3 is 5.69 Å². The summed E-state index contributed by atoms with van der Waals surface area (Å²) in [5.41, 5.74) is 1.64. The van der Waals surface area contributed by atoms with Gasteiger partial charge in [-0.1, -0.05) is 12.1 Å². The summed E-state index contributed by atoms with van der Waals surface area (Å²) in [5, 5.41) is 0.656. The van der Waals surface area contributed by atoms with Crippen molar-refractivity contribution in [2.24, 2.45) is 0 Å². The molecular weight excluding hydrogens is 310 g/mol. The highest BCUT2D eigenvalue weighted by Gasteiger charge is 2.23. The van der Waals surface area contributed by atoms with Crippen molar-refractivity contribution in [3.63, 3.8) is 0 Å². The lowest BCUT2D eigenvalue weighted by molar-refractivity contribution is -0.132. The van der Waals surface area contributed by atoms with Crippen molar-refractivity contribution in [1.29, 1.82) is 0 Å². The average molecular weight is 333 g/mol. The summed E-state index contributed by atoms with van der Waals surface area (Å²) in [7, 11) is 0. The topological polar surface area (TPSA) is 47.2 Å². The summed E-state index contributed by atoms with van der Waals surface area (Å²) in [4.78, 5) is 27.1. The van der Waals surface area contributed by atoms with Gasteiger partial charge in [0.2, 0.25) is 5.91 Å². The minimum atomic E-state index is -0.0963. The van der Waals surface area contributed by atoms with Gasteiger partial charge in [0.15, 0.2) is 0 Å². The molecule has 0 radical (unpaired) electrons. The van der Waals surface area contributed by atoms with Gasteiger partial charge < -0.3 is 4.90 Å². The van der Waals surface area contributed by atoms with E-state index < -0.39 is 0 Å². The molecule has 1 aromatic heterocycles. The van der Waals surface area contributed by atoms with Crippen LogP contribution in [0.25, 0.3) is 11.0 Å². The van der Waals surface area contributed by atoms with Crippen LogP contribution in [-0.4, -0.2) is 44.5 Å². The predicted molar refractivity (Wildman–Crippen MR) is 95.0 cm³/mol. The summed E-state index contributed by atoms with van der Waals surface area (Å²) in [6, 6.07) is 7.68. The van der Waals surface area contributed by atoms with Gasteiger partial charge in [0.05, 0.1) is 11.0 Å². The van der Waals surface area contributed by atoms with Crippen molar-refractivity contribution in [1.82, 2.24) is 14.0 Å². The second-order valence-electron chi connectivity index (χ2n) is 5.92. The van der Waals surface area contributed by atoms with Crippen LogP contribution in [0.3, 0.4) is 0 Å². The maximum atomic E-state index is 12.6. The largest absolute Gasteiger partial charge is 0.341 e. The molecule has 0 N–H and O–H groups in total. The number of rotatable bonds is 4. The summed E-state index contributed by atoms with van der Waals surface area (Å²) in [5.74, 6) is 0.0469. The molecule has 6 heteroatoms. The quantitative estimate of drug-likeness (QED) is 0.861. The van der Waals surface area contributed by atoms with Gasteiger partial charge in [0, 0.05) is 24.9 Å². The molecule has 124 valence electrons. The Hall–Kier alpha value is -1.69. The van der Waals surface area contributed by atoms with Crippen LogP contribution in [0.4, 0.5) is 0 Å². The van der Waals surface area contributed by atoms with Crippen LogP contribution in [-0.2, 0) is 17.9 Å². The van der Waals surface area contributed by atoms with E-state index in [4.69, 9.17) is 0 Å². The third-order valence-corrected chi connectivity index (χ3v) is 5.80. The van der Waals surface area contributed by atoms with Gasteiger partial charge in [-0.3, -0.25) is 13.9 Å². The fourth-order valence-corrected chi connectivity index (χ4v) is 3.99. The minimum Gasteiger partial charge on any atom is -0.341 e. The molecule has 5 nitrogen and oxygen atoms in total. The number of nitrogens with zero attached hydrogens (tertiary/aromatic N) is 3. The van der Waals surface area contributed by atoms with Crippen LogP contribution in [0.1, 0.15) is 19.8 Å². The molecule has 0 spiro atoms. The summed E-state index contributed by atoms with van der Waals surface area (Å²) >= 11 is 1.88. The molecule has 1 aliphatic rings. The zero-order valence-electron chi connectivity index (χ0n) is 13.7. The van der Waals surface area contributed by atoms with Gasteiger partial charge in [-0.25, -0.2) is 4.79 Å². The third-order valence-electron chi connectivity index (χ3n) is 4.66. The number of amides is 1. The summed E-state index contributed by atoms with van der Waals surface area (Å²) in [6.45, 7) is 4.29. The highest BCUT2D eigenvalue weighted by Crippen LogP contribution is 2.21. The SMILES string of the molecule is CCn1c(=O)n(CC(=O)N2CCC(SC)CC2)c2ccccc21. The molecule has 3 rings (SSSR count). The Bertz CT molecular complexity index is 757. The van der Waals surface area contributed by atoms with Crippen molar-refractivity contribution in [3.8, 4) is 0 Å². The number of aryl methyl sites for hydroxylation is 1.